The number of phenolic OH excluding ortho intramolecular Hbond substituents is 1. The van der Waals surface area contributed by atoms with E-state index in [4.69, 9.17) is 27.9 Å². The molecule has 0 saturated heterocycles. The van der Waals surface area contributed by atoms with Crippen LogP contribution in [0.1, 0.15) is 12.5 Å². The van der Waals surface area contributed by atoms with Gasteiger partial charge in [-0.25, -0.2) is 9.37 Å². The molecule has 1 aromatic heterocycles. The summed E-state index contributed by atoms with van der Waals surface area (Å²) in [5.41, 5.74) is 0.859. The maximum Gasteiger partial charge on any atom is 0.314 e. The number of carbonyl (C=O) groups is 1. The van der Waals surface area contributed by atoms with E-state index in [1.165, 1.54) is 18.3 Å². The average Bonchev–Trinajstić information content (AvgIpc) is 2.57. The lowest BCUT2D eigenvalue weighted by Crippen LogP contribution is -2.22. The summed E-state index contributed by atoms with van der Waals surface area (Å²) in [5.74, 6) is -1.92. The average molecular weight is 385 g/mol. The van der Waals surface area contributed by atoms with E-state index in [2.05, 4.69) is 9.98 Å². The predicted octanol–water partition coefficient (Wildman–Crippen LogP) is 4.36. The van der Waals surface area contributed by atoms with Gasteiger partial charge in [-0.1, -0.05) is 23.2 Å². The van der Waals surface area contributed by atoms with Crippen LogP contribution in [0.3, 0.4) is 0 Å². The molecule has 5 nitrogen and oxygen atoms in total. The lowest BCUT2D eigenvalue weighted by molar-refractivity contribution is -0.145. The molecule has 1 unspecified atom stereocenters. The molecule has 0 fully saturated rings. The van der Waals surface area contributed by atoms with Crippen LogP contribution >= 0.6 is 23.2 Å². The zero-order valence-corrected chi connectivity index (χ0v) is 14.8. The number of benzene rings is 1. The number of esters is 1. The summed E-state index contributed by atoms with van der Waals surface area (Å²) in [6, 6.07) is 7.26. The standard InChI is InChI=1S/C17H15Cl2FN2O3/c1-2-25-17(24)11(9-21-12-3-5-13(23)6-4-12)7-10-8-14(20)16(19)22-15(10)18/h3-6,8-9,11,23H,2,7H2,1H3. The Bertz CT molecular complexity index is 782. The Hall–Kier alpha value is -2.18. The zero-order valence-electron chi connectivity index (χ0n) is 13.2. The van der Waals surface area contributed by atoms with Crippen molar-refractivity contribution in [3.63, 3.8) is 0 Å². The van der Waals surface area contributed by atoms with Gasteiger partial charge in [0, 0.05) is 6.21 Å². The van der Waals surface area contributed by atoms with Crippen molar-refractivity contribution in [1.29, 1.82) is 0 Å². The molecule has 1 heterocycles. The van der Waals surface area contributed by atoms with Crippen LogP contribution in [0, 0.1) is 11.7 Å². The smallest absolute Gasteiger partial charge is 0.314 e. The zero-order chi connectivity index (χ0) is 18.4. The van der Waals surface area contributed by atoms with E-state index in [9.17, 15) is 14.3 Å². The summed E-state index contributed by atoms with van der Waals surface area (Å²) in [6.07, 6.45) is 1.45. The Labute approximate surface area is 154 Å². The van der Waals surface area contributed by atoms with Crippen molar-refractivity contribution in [2.45, 2.75) is 13.3 Å². The van der Waals surface area contributed by atoms with E-state index in [-0.39, 0.29) is 29.1 Å². The predicted molar refractivity (Wildman–Crippen MR) is 94.3 cm³/mol. The summed E-state index contributed by atoms with van der Waals surface area (Å²) in [6.45, 7) is 1.88. The highest BCUT2D eigenvalue weighted by Crippen LogP contribution is 2.23. The van der Waals surface area contributed by atoms with Gasteiger partial charge in [-0.15, -0.1) is 0 Å². The minimum absolute atomic E-state index is 0.0127. The topological polar surface area (TPSA) is 71.8 Å². The van der Waals surface area contributed by atoms with Crippen molar-refractivity contribution in [3.05, 3.63) is 52.0 Å². The van der Waals surface area contributed by atoms with Crippen LogP contribution in [0.2, 0.25) is 10.3 Å². The number of aromatic nitrogens is 1. The van der Waals surface area contributed by atoms with E-state index in [0.717, 1.165) is 6.07 Å². The van der Waals surface area contributed by atoms with Gasteiger partial charge in [-0.05, 0) is 49.2 Å². The van der Waals surface area contributed by atoms with Gasteiger partial charge >= 0.3 is 5.97 Å². The molecule has 1 aromatic carbocycles. The molecule has 0 saturated carbocycles. The normalized spacial score (nSPS) is 12.3. The molecular weight excluding hydrogens is 370 g/mol. The molecular formula is C17H15Cl2FN2O3. The second-order valence-corrected chi connectivity index (χ2v) is 5.78. The second kappa shape index (κ2) is 8.78. The van der Waals surface area contributed by atoms with Gasteiger partial charge in [-0.3, -0.25) is 9.79 Å². The number of pyridine rings is 1. The van der Waals surface area contributed by atoms with Gasteiger partial charge < -0.3 is 9.84 Å². The van der Waals surface area contributed by atoms with Crippen molar-refractivity contribution in [1.82, 2.24) is 4.98 Å². The molecule has 0 radical (unpaired) electrons. The molecule has 25 heavy (non-hydrogen) atoms. The quantitative estimate of drug-likeness (QED) is 0.456. The minimum atomic E-state index is -0.784. The molecule has 8 heteroatoms. The molecule has 2 rings (SSSR count). The summed E-state index contributed by atoms with van der Waals surface area (Å²) in [7, 11) is 0. The van der Waals surface area contributed by atoms with Gasteiger partial charge in [0.1, 0.15) is 10.9 Å². The van der Waals surface area contributed by atoms with Crippen LogP contribution in [0.4, 0.5) is 10.1 Å². The van der Waals surface area contributed by atoms with Gasteiger partial charge in [0.2, 0.25) is 0 Å². The van der Waals surface area contributed by atoms with Crippen LogP contribution in [0.15, 0.2) is 35.3 Å². The van der Waals surface area contributed by atoms with E-state index in [1.54, 1.807) is 19.1 Å². The van der Waals surface area contributed by atoms with E-state index >= 15 is 0 Å². The van der Waals surface area contributed by atoms with Crippen LogP contribution in [0.25, 0.3) is 0 Å². The van der Waals surface area contributed by atoms with Crippen LogP contribution in [-0.4, -0.2) is 28.9 Å². The molecule has 0 aliphatic heterocycles. The van der Waals surface area contributed by atoms with Crippen LogP contribution in [-0.2, 0) is 16.0 Å². The molecule has 1 atom stereocenters. The molecule has 1 N–H and O–H groups in total. The fraction of sp³-hybridized carbons (Fsp3) is 0.235. The Kier molecular flexibility index (Phi) is 6.73. The third kappa shape index (κ3) is 5.41. The van der Waals surface area contributed by atoms with Crippen molar-refractivity contribution in [3.8, 4) is 5.75 Å². The van der Waals surface area contributed by atoms with E-state index < -0.39 is 17.7 Å². The molecule has 0 aliphatic rings. The SMILES string of the molecule is CCOC(=O)C(C=Nc1ccc(O)cc1)Cc1cc(F)c(Cl)nc1Cl. The van der Waals surface area contributed by atoms with Gasteiger partial charge in [0.05, 0.1) is 18.2 Å². The number of aromatic hydroxyl groups is 1. The third-order valence-corrected chi connectivity index (χ3v) is 3.83. The fourth-order valence-electron chi connectivity index (χ4n) is 2.02. The number of hydrogen-bond acceptors (Lipinski definition) is 5. The molecule has 2 aromatic rings. The molecule has 0 bridgehead atoms. The number of aliphatic imine (C=N–C) groups is 1. The third-order valence-electron chi connectivity index (χ3n) is 3.24. The number of rotatable bonds is 6. The number of ether oxygens (including phenoxy) is 1. The van der Waals surface area contributed by atoms with Gasteiger partial charge in [-0.2, -0.15) is 0 Å². The van der Waals surface area contributed by atoms with Crippen molar-refractivity contribution < 1.29 is 19.0 Å². The number of phenols is 1. The Morgan fingerprint density at radius 2 is 2.04 bits per heavy atom. The van der Waals surface area contributed by atoms with E-state index in [1.807, 2.05) is 0 Å². The summed E-state index contributed by atoms with van der Waals surface area (Å²) in [4.78, 5) is 20.0. The summed E-state index contributed by atoms with van der Waals surface area (Å²) < 4.78 is 18.6. The van der Waals surface area contributed by atoms with Crippen molar-refractivity contribution in [2.24, 2.45) is 10.9 Å². The van der Waals surface area contributed by atoms with Crippen LogP contribution in [0.5, 0.6) is 5.75 Å². The fourth-order valence-corrected chi connectivity index (χ4v) is 2.42. The maximum absolute atomic E-state index is 13.6. The highest BCUT2D eigenvalue weighted by molar-refractivity contribution is 6.33. The minimum Gasteiger partial charge on any atom is -0.508 e. The first-order valence-electron chi connectivity index (χ1n) is 7.41. The monoisotopic (exact) mass is 384 g/mol. The first-order chi connectivity index (χ1) is 11.9. The summed E-state index contributed by atoms with van der Waals surface area (Å²) >= 11 is 11.6. The number of hydrogen-bond donors (Lipinski definition) is 1. The maximum atomic E-state index is 13.6. The molecule has 132 valence electrons. The highest BCUT2D eigenvalue weighted by atomic mass is 35.5. The Morgan fingerprint density at radius 1 is 1.36 bits per heavy atom. The van der Waals surface area contributed by atoms with Gasteiger partial charge in [0.15, 0.2) is 11.0 Å². The lowest BCUT2D eigenvalue weighted by Gasteiger charge is -2.12. The number of halogens is 3. The Balaban J connectivity index is 2.25. The lowest BCUT2D eigenvalue weighted by atomic mass is 10.0. The van der Waals surface area contributed by atoms with Crippen molar-refractivity contribution in [2.75, 3.05) is 6.61 Å². The molecule has 0 aliphatic carbocycles. The van der Waals surface area contributed by atoms with E-state index in [0.29, 0.717) is 11.3 Å². The number of carbonyl (C=O) groups excluding carboxylic acids is 1. The largest absolute Gasteiger partial charge is 0.508 e. The van der Waals surface area contributed by atoms with Crippen LogP contribution < -0.4 is 0 Å². The number of nitrogens with zero attached hydrogens (tertiary/aromatic N) is 2. The first kappa shape index (κ1) is 19.1. The first-order valence-corrected chi connectivity index (χ1v) is 8.16. The second-order valence-electron chi connectivity index (χ2n) is 5.07. The van der Waals surface area contributed by atoms with Crippen molar-refractivity contribution >= 4 is 41.1 Å². The molecule has 0 amide bonds. The summed E-state index contributed by atoms with van der Waals surface area (Å²) in [5, 5.41) is 8.95. The highest BCUT2D eigenvalue weighted by Gasteiger charge is 2.21. The van der Waals surface area contributed by atoms with Gasteiger partial charge in [0.25, 0.3) is 0 Å². The Morgan fingerprint density at radius 3 is 2.68 bits per heavy atom. The molecule has 0 spiro atoms.